The lowest BCUT2D eigenvalue weighted by atomic mass is 10.1. The van der Waals surface area contributed by atoms with E-state index in [0.717, 1.165) is 13.0 Å². The van der Waals surface area contributed by atoms with Crippen molar-refractivity contribution in [2.24, 2.45) is 11.7 Å². The van der Waals surface area contributed by atoms with Gasteiger partial charge in [0.1, 0.15) is 0 Å². The number of unbranched alkanes of at least 4 members (excludes halogenated alkanes) is 1. The van der Waals surface area contributed by atoms with E-state index in [2.05, 4.69) is 12.2 Å². The van der Waals surface area contributed by atoms with Gasteiger partial charge in [0.25, 0.3) is 0 Å². The zero-order valence-electron chi connectivity index (χ0n) is 9.24. The normalized spacial score (nSPS) is 14.2. The molecule has 0 spiro atoms. The molecule has 0 saturated carbocycles. The topological polar surface area (TPSA) is 38.0 Å². The Morgan fingerprint density at radius 3 is 2.40 bits per heavy atom. The molecule has 0 radical (unpaired) electrons. The van der Waals surface area contributed by atoms with Gasteiger partial charge in [-0.25, -0.2) is 0 Å². The Kier molecular flexibility index (Phi) is 7.78. The van der Waals surface area contributed by atoms with Gasteiger partial charge in [-0.3, -0.25) is 0 Å². The highest BCUT2D eigenvalue weighted by molar-refractivity contribution is 4.57. The van der Waals surface area contributed by atoms with Crippen LogP contribution in [-0.2, 0) is 0 Å². The molecule has 0 saturated heterocycles. The molecule has 0 fully saturated rings. The average Bonchev–Trinajstić information content (AvgIpc) is 2.14. The van der Waals surface area contributed by atoms with Gasteiger partial charge in [-0.2, -0.15) is 13.2 Å². The van der Waals surface area contributed by atoms with E-state index < -0.39 is 12.6 Å². The molecular weight excluding hydrogens is 205 g/mol. The molecule has 0 bridgehead atoms. The van der Waals surface area contributed by atoms with Crippen molar-refractivity contribution < 1.29 is 13.2 Å². The van der Waals surface area contributed by atoms with Crippen LogP contribution in [-0.4, -0.2) is 25.8 Å². The molecule has 0 aliphatic heterocycles. The van der Waals surface area contributed by atoms with Gasteiger partial charge in [-0.1, -0.05) is 6.92 Å². The van der Waals surface area contributed by atoms with Gasteiger partial charge < -0.3 is 11.1 Å². The Balaban J connectivity index is 3.12. The summed E-state index contributed by atoms with van der Waals surface area (Å²) in [5.74, 6) is 0.479. The van der Waals surface area contributed by atoms with Crippen LogP contribution in [0.1, 0.15) is 32.6 Å². The summed E-state index contributed by atoms with van der Waals surface area (Å²) in [4.78, 5) is 0. The Bertz CT molecular complexity index is 148. The van der Waals surface area contributed by atoms with Crippen molar-refractivity contribution in [3.63, 3.8) is 0 Å². The lowest BCUT2D eigenvalue weighted by molar-refractivity contribution is -0.135. The zero-order chi connectivity index (χ0) is 11.7. The fourth-order valence-electron chi connectivity index (χ4n) is 1.17. The number of hydrogen-bond acceptors (Lipinski definition) is 2. The van der Waals surface area contributed by atoms with E-state index in [1.165, 1.54) is 0 Å². The van der Waals surface area contributed by atoms with Crippen molar-refractivity contribution in [1.82, 2.24) is 5.32 Å². The molecule has 0 heterocycles. The molecular formula is C10H21F3N2. The minimum Gasteiger partial charge on any atom is -0.330 e. The summed E-state index contributed by atoms with van der Waals surface area (Å²) in [6.45, 7) is 4.22. The van der Waals surface area contributed by atoms with E-state index in [1.54, 1.807) is 0 Å². The minimum absolute atomic E-state index is 0.211. The maximum atomic E-state index is 11.7. The van der Waals surface area contributed by atoms with Crippen molar-refractivity contribution in [2.75, 3.05) is 19.6 Å². The van der Waals surface area contributed by atoms with Gasteiger partial charge in [-0.05, 0) is 44.8 Å². The van der Waals surface area contributed by atoms with E-state index >= 15 is 0 Å². The lowest BCUT2D eigenvalue weighted by Gasteiger charge is -2.09. The summed E-state index contributed by atoms with van der Waals surface area (Å²) in [5.41, 5.74) is 5.43. The molecule has 0 aromatic rings. The Morgan fingerprint density at radius 2 is 1.87 bits per heavy atom. The Hall–Kier alpha value is -0.290. The first-order chi connectivity index (χ1) is 6.95. The molecule has 15 heavy (non-hydrogen) atoms. The number of nitrogens with one attached hydrogen (secondary N) is 1. The quantitative estimate of drug-likeness (QED) is 0.623. The SMILES string of the molecule is CC(CN)CCNCCCCC(F)(F)F. The molecule has 1 atom stereocenters. The standard InChI is InChI=1S/C10H21F3N2/c1-9(8-14)4-7-15-6-3-2-5-10(11,12)13/h9,15H,2-8,14H2,1H3. The van der Waals surface area contributed by atoms with Crippen LogP contribution in [0.15, 0.2) is 0 Å². The van der Waals surface area contributed by atoms with Gasteiger partial charge in [0.15, 0.2) is 0 Å². The van der Waals surface area contributed by atoms with Crippen molar-refractivity contribution >= 4 is 0 Å². The molecule has 0 aromatic heterocycles. The van der Waals surface area contributed by atoms with Gasteiger partial charge in [-0.15, -0.1) is 0 Å². The molecule has 0 rings (SSSR count). The van der Waals surface area contributed by atoms with Crippen LogP contribution < -0.4 is 11.1 Å². The van der Waals surface area contributed by atoms with Crippen molar-refractivity contribution in [1.29, 1.82) is 0 Å². The molecule has 0 aliphatic carbocycles. The first kappa shape index (κ1) is 14.7. The molecule has 0 aliphatic rings. The minimum atomic E-state index is -4.01. The summed E-state index contributed by atoms with van der Waals surface area (Å²) in [6, 6.07) is 0. The smallest absolute Gasteiger partial charge is 0.330 e. The molecule has 5 heteroatoms. The van der Waals surface area contributed by atoms with Crippen LogP contribution >= 0.6 is 0 Å². The van der Waals surface area contributed by atoms with Crippen molar-refractivity contribution in [3.05, 3.63) is 0 Å². The van der Waals surface area contributed by atoms with Crippen molar-refractivity contribution in [3.8, 4) is 0 Å². The van der Waals surface area contributed by atoms with E-state index in [0.29, 0.717) is 25.4 Å². The third-order valence-corrected chi connectivity index (χ3v) is 2.28. The van der Waals surface area contributed by atoms with Crippen LogP contribution in [0.4, 0.5) is 13.2 Å². The second kappa shape index (κ2) is 7.93. The summed E-state index contributed by atoms with van der Waals surface area (Å²) >= 11 is 0. The maximum absolute atomic E-state index is 11.7. The van der Waals surface area contributed by atoms with Crippen LogP contribution in [0.3, 0.4) is 0 Å². The fourth-order valence-corrected chi connectivity index (χ4v) is 1.17. The van der Waals surface area contributed by atoms with Crippen LogP contribution in [0, 0.1) is 5.92 Å². The Labute approximate surface area is 89.4 Å². The highest BCUT2D eigenvalue weighted by atomic mass is 19.4. The summed E-state index contributed by atoms with van der Waals surface area (Å²) in [5, 5.41) is 3.11. The number of halogens is 3. The van der Waals surface area contributed by atoms with E-state index in [1.807, 2.05) is 0 Å². The monoisotopic (exact) mass is 226 g/mol. The van der Waals surface area contributed by atoms with Gasteiger partial charge in [0.05, 0.1) is 0 Å². The first-order valence-electron chi connectivity index (χ1n) is 5.43. The molecule has 0 aromatic carbocycles. The predicted molar refractivity (Wildman–Crippen MR) is 55.6 cm³/mol. The van der Waals surface area contributed by atoms with Gasteiger partial charge in [0.2, 0.25) is 0 Å². The molecule has 2 nitrogen and oxygen atoms in total. The van der Waals surface area contributed by atoms with Crippen LogP contribution in [0.25, 0.3) is 0 Å². The summed E-state index contributed by atoms with van der Waals surface area (Å²) in [6.07, 6.45) is -2.91. The third kappa shape index (κ3) is 11.6. The van der Waals surface area contributed by atoms with E-state index in [-0.39, 0.29) is 6.42 Å². The second-order valence-corrected chi connectivity index (χ2v) is 3.95. The van der Waals surface area contributed by atoms with Gasteiger partial charge >= 0.3 is 6.18 Å². The molecule has 3 N–H and O–H groups in total. The number of rotatable bonds is 8. The van der Waals surface area contributed by atoms with E-state index in [9.17, 15) is 13.2 Å². The van der Waals surface area contributed by atoms with E-state index in [4.69, 9.17) is 5.73 Å². The third-order valence-electron chi connectivity index (χ3n) is 2.28. The van der Waals surface area contributed by atoms with Crippen molar-refractivity contribution in [2.45, 2.75) is 38.8 Å². The second-order valence-electron chi connectivity index (χ2n) is 3.95. The maximum Gasteiger partial charge on any atom is 0.389 e. The Morgan fingerprint density at radius 1 is 1.20 bits per heavy atom. The number of alkyl halides is 3. The molecule has 92 valence electrons. The largest absolute Gasteiger partial charge is 0.389 e. The van der Waals surface area contributed by atoms with Crippen LogP contribution in [0.5, 0.6) is 0 Å². The fraction of sp³-hybridized carbons (Fsp3) is 1.00. The zero-order valence-corrected chi connectivity index (χ0v) is 9.24. The predicted octanol–water partition coefficient (Wildman–Crippen LogP) is 2.29. The first-order valence-corrected chi connectivity index (χ1v) is 5.43. The molecule has 0 amide bonds. The van der Waals surface area contributed by atoms with Gasteiger partial charge in [0, 0.05) is 6.42 Å². The number of hydrogen-bond donors (Lipinski definition) is 2. The highest BCUT2D eigenvalue weighted by Crippen LogP contribution is 2.21. The molecule has 1 unspecified atom stereocenters. The summed E-state index contributed by atoms with van der Waals surface area (Å²) < 4.78 is 35.2. The highest BCUT2D eigenvalue weighted by Gasteiger charge is 2.25. The summed E-state index contributed by atoms with van der Waals surface area (Å²) in [7, 11) is 0. The average molecular weight is 226 g/mol. The van der Waals surface area contributed by atoms with Crippen LogP contribution in [0.2, 0.25) is 0 Å². The lowest BCUT2D eigenvalue weighted by Crippen LogP contribution is -2.21. The number of nitrogens with two attached hydrogens (primary N) is 1.